The highest BCUT2D eigenvalue weighted by molar-refractivity contribution is 7.09. The maximum atomic E-state index is 13.7. The summed E-state index contributed by atoms with van der Waals surface area (Å²) in [5.41, 5.74) is 2.82. The van der Waals surface area contributed by atoms with Gasteiger partial charge in [0.05, 0.1) is 6.54 Å². The molecule has 0 saturated carbocycles. The van der Waals surface area contributed by atoms with Crippen molar-refractivity contribution in [3.63, 3.8) is 0 Å². The summed E-state index contributed by atoms with van der Waals surface area (Å²) in [5.74, 6) is 1.20. The Bertz CT molecular complexity index is 1190. The van der Waals surface area contributed by atoms with Crippen LogP contribution in [0.1, 0.15) is 72.8 Å². The first-order valence-corrected chi connectivity index (χ1v) is 14.4. The number of carbonyl (C=O) groups is 2. The Balaban J connectivity index is 1.45. The minimum atomic E-state index is -0.120. The van der Waals surface area contributed by atoms with Crippen molar-refractivity contribution in [1.82, 2.24) is 9.80 Å². The van der Waals surface area contributed by atoms with Gasteiger partial charge in [0, 0.05) is 23.0 Å². The van der Waals surface area contributed by atoms with Gasteiger partial charge in [-0.15, -0.1) is 11.3 Å². The summed E-state index contributed by atoms with van der Waals surface area (Å²) in [6.45, 7) is 7.25. The summed E-state index contributed by atoms with van der Waals surface area (Å²) < 4.78 is 11.0. The molecule has 3 aromatic rings. The second kappa shape index (κ2) is 13.5. The van der Waals surface area contributed by atoms with E-state index >= 15 is 0 Å². The summed E-state index contributed by atoms with van der Waals surface area (Å²) in [7, 11) is 0. The molecule has 0 unspecified atom stereocenters. The van der Waals surface area contributed by atoms with Crippen LogP contribution >= 0.6 is 11.3 Å². The first-order valence-electron chi connectivity index (χ1n) is 13.5. The number of aryl methyl sites for hydroxylation is 1. The summed E-state index contributed by atoms with van der Waals surface area (Å²) >= 11 is 1.62. The van der Waals surface area contributed by atoms with E-state index in [2.05, 4.69) is 6.92 Å². The van der Waals surface area contributed by atoms with E-state index in [9.17, 15) is 9.59 Å². The number of rotatable bonds is 13. The lowest BCUT2D eigenvalue weighted by atomic mass is 10.0. The Hall–Kier alpha value is -3.32. The summed E-state index contributed by atoms with van der Waals surface area (Å²) in [6.07, 6.45) is 5.90. The maximum absolute atomic E-state index is 13.7. The number of hydrogen-bond donors (Lipinski definition) is 0. The third-order valence-corrected chi connectivity index (χ3v) is 7.66. The lowest BCUT2D eigenvalue weighted by Crippen LogP contribution is -2.45. The highest BCUT2D eigenvalue weighted by atomic mass is 32.1. The van der Waals surface area contributed by atoms with Crippen molar-refractivity contribution in [2.75, 3.05) is 13.3 Å². The molecule has 202 valence electrons. The SMILES string of the molecule is CCCCCCc1ccc(C(=O)N(CC(=O)N(Cc2ccc3c(c2)OCO3)Cc2cccs2)C(C)C)cc1. The molecule has 0 spiro atoms. The first kappa shape index (κ1) is 27.7. The monoisotopic (exact) mass is 534 g/mol. The van der Waals surface area contributed by atoms with E-state index in [0.29, 0.717) is 30.2 Å². The van der Waals surface area contributed by atoms with Gasteiger partial charge in [-0.3, -0.25) is 9.59 Å². The molecule has 6 nitrogen and oxygen atoms in total. The van der Waals surface area contributed by atoms with Gasteiger partial charge >= 0.3 is 0 Å². The van der Waals surface area contributed by atoms with E-state index in [4.69, 9.17) is 9.47 Å². The molecule has 0 fully saturated rings. The average molecular weight is 535 g/mol. The van der Waals surface area contributed by atoms with Gasteiger partial charge in [-0.2, -0.15) is 0 Å². The number of unbranched alkanes of at least 4 members (excludes halogenated alkanes) is 3. The van der Waals surface area contributed by atoms with Crippen molar-refractivity contribution in [3.8, 4) is 11.5 Å². The Morgan fingerprint density at radius 3 is 2.39 bits per heavy atom. The molecule has 0 radical (unpaired) electrons. The Kier molecular flexibility index (Phi) is 9.82. The van der Waals surface area contributed by atoms with Crippen LogP contribution in [-0.4, -0.2) is 41.0 Å². The molecule has 0 bridgehead atoms. The molecule has 2 amide bonds. The zero-order valence-electron chi connectivity index (χ0n) is 22.7. The molecule has 38 heavy (non-hydrogen) atoms. The molecule has 0 N–H and O–H groups in total. The van der Waals surface area contributed by atoms with Gasteiger partial charge in [0.2, 0.25) is 12.7 Å². The van der Waals surface area contributed by atoms with Crippen LogP contribution in [0.25, 0.3) is 0 Å². The van der Waals surface area contributed by atoms with Crippen LogP contribution in [0.2, 0.25) is 0 Å². The summed E-state index contributed by atoms with van der Waals surface area (Å²) in [5, 5.41) is 2.01. The van der Waals surface area contributed by atoms with Gasteiger partial charge in [-0.25, -0.2) is 0 Å². The molecule has 1 aromatic heterocycles. The molecule has 2 aromatic carbocycles. The molecule has 7 heteroatoms. The van der Waals surface area contributed by atoms with Crippen molar-refractivity contribution in [2.24, 2.45) is 0 Å². The van der Waals surface area contributed by atoms with Gasteiger partial charge < -0.3 is 19.3 Å². The van der Waals surface area contributed by atoms with Crippen molar-refractivity contribution >= 4 is 23.2 Å². The minimum Gasteiger partial charge on any atom is -0.454 e. The van der Waals surface area contributed by atoms with E-state index in [1.165, 1.54) is 24.8 Å². The Morgan fingerprint density at radius 2 is 1.68 bits per heavy atom. The van der Waals surface area contributed by atoms with Crippen LogP contribution in [-0.2, 0) is 24.3 Å². The summed E-state index contributed by atoms with van der Waals surface area (Å²) in [6, 6.07) is 17.5. The third kappa shape index (κ3) is 7.38. The van der Waals surface area contributed by atoms with Gasteiger partial charge in [0.15, 0.2) is 11.5 Å². The highest BCUT2D eigenvalue weighted by Gasteiger charge is 2.25. The highest BCUT2D eigenvalue weighted by Crippen LogP contribution is 2.33. The quantitative estimate of drug-likeness (QED) is 0.230. The normalized spacial score (nSPS) is 12.1. The van der Waals surface area contributed by atoms with E-state index in [-0.39, 0.29) is 31.2 Å². The average Bonchev–Trinajstić information content (AvgIpc) is 3.61. The standard InChI is InChI=1S/C31H38N2O4S/c1-4-5-6-7-9-24-11-14-26(15-12-24)31(35)33(23(2)3)21-30(34)32(20-27-10-8-17-38-27)19-25-13-16-28-29(18-25)37-22-36-28/h8,10-18,23H,4-7,9,19-22H2,1-3H3. The lowest BCUT2D eigenvalue weighted by molar-refractivity contribution is -0.133. The predicted molar refractivity (Wildman–Crippen MR) is 152 cm³/mol. The number of carbonyl (C=O) groups excluding carboxylic acids is 2. The van der Waals surface area contributed by atoms with E-state index in [0.717, 1.165) is 23.3 Å². The number of benzene rings is 2. The molecular formula is C31H38N2O4S. The molecule has 0 aliphatic carbocycles. The number of hydrogen-bond acceptors (Lipinski definition) is 5. The molecule has 2 heterocycles. The maximum Gasteiger partial charge on any atom is 0.254 e. The van der Waals surface area contributed by atoms with Crippen LogP contribution in [0, 0.1) is 0 Å². The van der Waals surface area contributed by atoms with Crippen LogP contribution < -0.4 is 9.47 Å². The molecule has 1 aliphatic heterocycles. The van der Waals surface area contributed by atoms with E-state index < -0.39 is 0 Å². The van der Waals surface area contributed by atoms with E-state index in [1.807, 2.05) is 78.7 Å². The number of ether oxygens (including phenoxy) is 2. The Labute approximate surface area is 230 Å². The first-order chi connectivity index (χ1) is 18.4. The van der Waals surface area contributed by atoms with E-state index in [1.54, 1.807) is 16.2 Å². The minimum absolute atomic E-state index is 0.0190. The lowest BCUT2D eigenvalue weighted by Gasteiger charge is -2.30. The number of nitrogens with zero attached hydrogens (tertiary/aromatic N) is 2. The van der Waals surface area contributed by atoms with Crippen molar-refractivity contribution < 1.29 is 19.1 Å². The topological polar surface area (TPSA) is 59.1 Å². The van der Waals surface area contributed by atoms with Gasteiger partial charge in [-0.1, -0.05) is 50.5 Å². The third-order valence-electron chi connectivity index (χ3n) is 6.80. The van der Waals surface area contributed by atoms with Gasteiger partial charge in [-0.05, 0) is 73.5 Å². The molecule has 1 aliphatic rings. The number of thiophene rings is 1. The fourth-order valence-electron chi connectivity index (χ4n) is 4.55. The number of amides is 2. The van der Waals surface area contributed by atoms with Crippen molar-refractivity contribution in [1.29, 1.82) is 0 Å². The fourth-order valence-corrected chi connectivity index (χ4v) is 5.27. The van der Waals surface area contributed by atoms with Crippen LogP contribution in [0.3, 0.4) is 0 Å². The van der Waals surface area contributed by atoms with Crippen LogP contribution in [0.15, 0.2) is 60.0 Å². The van der Waals surface area contributed by atoms with Crippen LogP contribution in [0.4, 0.5) is 0 Å². The zero-order chi connectivity index (χ0) is 26.9. The van der Waals surface area contributed by atoms with Crippen LogP contribution in [0.5, 0.6) is 11.5 Å². The largest absolute Gasteiger partial charge is 0.454 e. The second-order valence-corrected chi connectivity index (χ2v) is 11.1. The fraction of sp³-hybridized carbons (Fsp3) is 0.419. The van der Waals surface area contributed by atoms with Crippen molar-refractivity contribution in [2.45, 2.75) is 72.0 Å². The second-order valence-electron chi connectivity index (χ2n) is 10.1. The zero-order valence-corrected chi connectivity index (χ0v) is 23.5. The molecule has 0 atom stereocenters. The molecular weight excluding hydrogens is 496 g/mol. The molecule has 4 rings (SSSR count). The number of fused-ring (bicyclic) bond motifs is 1. The van der Waals surface area contributed by atoms with Gasteiger partial charge in [0.1, 0.15) is 6.54 Å². The molecule has 0 saturated heterocycles. The predicted octanol–water partition coefficient (Wildman–Crippen LogP) is 6.68. The van der Waals surface area contributed by atoms with Crippen molar-refractivity contribution in [3.05, 3.63) is 81.5 Å². The summed E-state index contributed by atoms with van der Waals surface area (Å²) in [4.78, 5) is 31.7. The Morgan fingerprint density at radius 1 is 0.921 bits per heavy atom. The van der Waals surface area contributed by atoms with Gasteiger partial charge in [0.25, 0.3) is 5.91 Å². The smallest absolute Gasteiger partial charge is 0.254 e.